The fourth-order valence-corrected chi connectivity index (χ4v) is 1.59. The van der Waals surface area contributed by atoms with Gasteiger partial charge in [0.25, 0.3) is 0 Å². The largest absolute Gasteiger partial charge is 0.401 e. The number of rotatable bonds is 5. The molecule has 1 atom stereocenters. The van der Waals surface area contributed by atoms with Crippen LogP contribution >= 0.6 is 0 Å². The first-order valence-corrected chi connectivity index (χ1v) is 5.37. The lowest BCUT2D eigenvalue weighted by Gasteiger charge is -2.16. The molecule has 0 bridgehead atoms. The van der Waals surface area contributed by atoms with Crippen LogP contribution in [0.4, 0.5) is 0 Å². The van der Waals surface area contributed by atoms with E-state index in [0.29, 0.717) is 11.4 Å². The van der Waals surface area contributed by atoms with Gasteiger partial charge in [0.05, 0.1) is 6.04 Å². The maximum absolute atomic E-state index is 7.39. The molecule has 1 unspecified atom stereocenters. The second kappa shape index (κ2) is 6.08. The number of allylic oxidation sites excluding steroid dienone is 1. The Morgan fingerprint density at radius 1 is 1.44 bits per heavy atom. The van der Waals surface area contributed by atoms with E-state index in [0.717, 1.165) is 6.42 Å². The van der Waals surface area contributed by atoms with Gasteiger partial charge in [0.2, 0.25) is 0 Å². The summed E-state index contributed by atoms with van der Waals surface area (Å²) in [7, 11) is 1.88. The van der Waals surface area contributed by atoms with Gasteiger partial charge in [-0.2, -0.15) is 0 Å². The summed E-state index contributed by atoms with van der Waals surface area (Å²) in [6.45, 7) is 1.72. The Morgan fingerprint density at radius 3 is 2.56 bits per heavy atom. The van der Waals surface area contributed by atoms with Gasteiger partial charge >= 0.3 is 0 Å². The molecular weight excluding hydrogens is 198 g/mol. The van der Waals surface area contributed by atoms with E-state index in [1.807, 2.05) is 25.2 Å². The molecule has 0 fully saturated rings. The monoisotopic (exact) mass is 217 g/mol. The van der Waals surface area contributed by atoms with Crippen molar-refractivity contribution in [3.8, 4) is 0 Å². The quantitative estimate of drug-likeness (QED) is 0.657. The summed E-state index contributed by atoms with van der Waals surface area (Å²) in [4.78, 5) is 0. The van der Waals surface area contributed by atoms with Crippen molar-refractivity contribution >= 4 is 5.71 Å². The standard InChI is InChI=1S/C13H19N3/c1-10(14)8-12(15)13(16-2)9-11-6-4-3-5-7-11/h3-8,13-14,16H,9,15H2,1-2H3/b12-8-,14-10?. The summed E-state index contributed by atoms with van der Waals surface area (Å²) in [5, 5.41) is 10.6. The molecule has 4 N–H and O–H groups in total. The van der Waals surface area contributed by atoms with Crippen LogP contribution in [-0.2, 0) is 6.42 Å². The van der Waals surface area contributed by atoms with Gasteiger partial charge in [0, 0.05) is 11.4 Å². The maximum Gasteiger partial charge on any atom is 0.0506 e. The van der Waals surface area contributed by atoms with Crippen LogP contribution in [0.25, 0.3) is 0 Å². The van der Waals surface area contributed by atoms with Crippen LogP contribution in [0.3, 0.4) is 0 Å². The Hall–Kier alpha value is -1.61. The van der Waals surface area contributed by atoms with Crippen LogP contribution in [0.1, 0.15) is 12.5 Å². The number of benzene rings is 1. The number of hydrogen-bond donors (Lipinski definition) is 3. The second-order valence-corrected chi connectivity index (χ2v) is 3.86. The molecule has 3 heteroatoms. The first-order chi connectivity index (χ1) is 7.63. The predicted molar refractivity (Wildman–Crippen MR) is 68.7 cm³/mol. The Bertz CT molecular complexity index is 368. The Kier molecular flexibility index (Phi) is 4.73. The van der Waals surface area contributed by atoms with E-state index in [2.05, 4.69) is 17.4 Å². The molecule has 0 amide bonds. The first-order valence-electron chi connectivity index (χ1n) is 5.37. The molecule has 0 aliphatic carbocycles. The molecule has 16 heavy (non-hydrogen) atoms. The molecule has 0 aliphatic rings. The molecule has 1 rings (SSSR count). The zero-order valence-corrected chi connectivity index (χ0v) is 9.83. The second-order valence-electron chi connectivity index (χ2n) is 3.86. The average molecular weight is 217 g/mol. The van der Waals surface area contributed by atoms with Crippen molar-refractivity contribution in [2.75, 3.05) is 7.05 Å². The molecule has 0 saturated heterocycles. The highest BCUT2D eigenvalue weighted by molar-refractivity contribution is 5.90. The minimum Gasteiger partial charge on any atom is -0.401 e. The summed E-state index contributed by atoms with van der Waals surface area (Å²) in [6.07, 6.45) is 2.54. The van der Waals surface area contributed by atoms with Crippen LogP contribution in [0, 0.1) is 5.41 Å². The number of likely N-dealkylation sites (N-methyl/N-ethyl adjacent to an activating group) is 1. The Labute approximate surface area is 96.9 Å². The summed E-state index contributed by atoms with van der Waals surface area (Å²) in [6, 6.07) is 10.3. The molecular formula is C13H19N3. The molecule has 0 spiro atoms. The third-order valence-electron chi connectivity index (χ3n) is 2.42. The van der Waals surface area contributed by atoms with Crippen LogP contribution in [0.2, 0.25) is 0 Å². The van der Waals surface area contributed by atoms with E-state index in [1.165, 1.54) is 5.56 Å². The maximum atomic E-state index is 7.39. The van der Waals surface area contributed by atoms with Gasteiger partial charge in [-0.15, -0.1) is 0 Å². The zero-order chi connectivity index (χ0) is 12.0. The van der Waals surface area contributed by atoms with Gasteiger partial charge in [-0.25, -0.2) is 0 Å². The lowest BCUT2D eigenvalue weighted by Crippen LogP contribution is -2.33. The lowest BCUT2D eigenvalue weighted by atomic mass is 10.0. The van der Waals surface area contributed by atoms with Crippen LogP contribution in [0.5, 0.6) is 0 Å². The average Bonchev–Trinajstić information content (AvgIpc) is 2.26. The molecule has 0 radical (unpaired) electrons. The Balaban J connectivity index is 2.73. The lowest BCUT2D eigenvalue weighted by molar-refractivity contribution is 0.627. The van der Waals surface area contributed by atoms with Crippen molar-refractivity contribution in [2.45, 2.75) is 19.4 Å². The van der Waals surface area contributed by atoms with Gasteiger partial charge in [-0.3, -0.25) is 0 Å². The third kappa shape index (κ3) is 3.87. The molecule has 0 aliphatic heterocycles. The van der Waals surface area contributed by atoms with Crippen molar-refractivity contribution in [1.82, 2.24) is 5.32 Å². The topological polar surface area (TPSA) is 61.9 Å². The summed E-state index contributed by atoms with van der Waals surface area (Å²) in [5.41, 5.74) is 8.36. The van der Waals surface area contributed by atoms with Crippen molar-refractivity contribution in [1.29, 1.82) is 5.41 Å². The van der Waals surface area contributed by atoms with Crippen LogP contribution in [-0.4, -0.2) is 18.8 Å². The van der Waals surface area contributed by atoms with E-state index in [1.54, 1.807) is 13.0 Å². The highest BCUT2D eigenvalue weighted by Crippen LogP contribution is 2.06. The Morgan fingerprint density at radius 2 is 2.06 bits per heavy atom. The fourth-order valence-electron chi connectivity index (χ4n) is 1.59. The zero-order valence-electron chi connectivity index (χ0n) is 9.83. The predicted octanol–water partition coefficient (Wildman–Crippen LogP) is 1.70. The van der Waals surface area contributed by atoms with Gasteiger partial charge in [-0.1, -0.05) is 30.3 Å². The van der Waals surface area contributed by atoms with Gasteiger partial charge in [-0.05, 0) is 32.0 Å². The highest BCUT2D eigenvalue weighted by Gasteiger charge is 2.09. The molecule has 0 heterocycles. The number of nitrogens with two attached hydrogens (primary N) is 1. The van der Waals surface area contributed by atoms with E-state index in [-0.39, 0.29) is 6.04 Å². The molecule has 0 saturated carbocycles. The van der Waals surface area contributed by atoms with Crippen molar-refractivity contribution < 1.29 is 0 Å². The summed E-state index contributed by atoms with van der Waals surface area (Å²) < 4.78 is 0. The number of nitrogens with one attached hydrogen (secondary N) is 2. The summed E-state index contributed by atoms with van der Waals surface area (Å²) in [5.74, 6) is 0. The van der Waals surface area contributed by atoms with Gasteiger partial charge < -0.3 is 16.5 Å². The molecule has 1 aromatic carbocycles. The van der Waals surface area contributed by atoms with Crippen LogP contribution in [0.15, 0.2) is 42.1 Å². The van der Waals surface area contributed by atoms with E-state index in [9.17, 15) is 0 Å². The van der Waals surface area contributed by atoms with Crippen molar-refractivity contribution in [3.63, 3.8) is 0 Å². The summed E-state index contributed by atoms with van der Waals surface area (Å²) >= 11 is 0. The van der Waals surface area contributed by atoms with E-state index >= 15 is 0 Å². The number of hydrogen-bond acceptors (Lipinski definition) is 3. The molecule has 86 valence electrons. The minimum atomic E-state index is 0.0858. The van der Waals surface area contributed by atoms with Crippen LogP contribution < -0.4 is 11.1 Å². The van der Waals surface area contributed by atoms with Crippen molar-refractivity contribution in [3.05, 3.63) is 47.7 Å². The van der Waals surface area contributed by atoms with Gasteiger partial charge in [0.15, 0.2) is 0 Å². The fraction of sp³-hybridized carbons (Fsp3) is 0.308. The smallest absolute Gasteiger partial charge is 0.0506 e. The minimum absolute atomic E-state index is 0.0858. The van der Waals surface area contributed by atoms with Gasteiger partial charge in [0.1, 0.15) is 0 Å². The molecule has 3 nitrogen and oxygen atoms in total. The normalized spacial score (nSPS) is 13.5. The third-order valence-corrected chi connectivity index (χ3v) is 2.42. The van der Waals surface area contributed by atoms with Crippen molar-refractivity contribution in [2.24, 2.45) is 5.73 Å². The SMILES string of the molecule is CNC(Cc1ccccc1)/C(N)=C/C(C)=N. The molecule has 0 aromatic heterocycles. The van der Waals surface area contributed by atoms with E-state index < -0.39 is 0 Å². The van der Waals surface area contributed by atoms with E-state index in [4.69, 9.17) is 11.1 Å². The molecule has 1 aromatic rings. The highest BCUT2D eigenvalue weighted by atomic mass is 14.9. The first kappa shape index (κ1) is 12.5.